The zero-order valence-electron chi connectivity index (χ0n) is 18.6. The largest absolute Gasteiger partial charge is 0.497 e. The van der Waals surface area contributed by atoms with E-state index in [1.54, 1.807) is 31.2 Å². The molecule has 170 valence electrons. The summed E-state index contributed by atoms with van der Waals surface area (Å²) in [4.78, 5) is 40.0. The lowest BCUT2D eigenvalue weighted by molar-refractivity contribution is -0.139. The van der Waals surface area contributed by atoms with E-state index >= 15 is 0 Å². The van der Waals surface area contributed by atoms with Crippen LogP contribution in [0.15, 0.2) is 24.3 Å². The Bertz CT molecular complexity index is 822. The normalized spacial score (nSPS) is 22.7. The first-order chi connectivity index (χ1) is 14.7. The minimum absolute atomic E-state index is 0.115. The first-order valence-electron chi connectivity index (χ1n) is 10.7. The molecule has 2 aliphatic rings. The molecule has 0 radical (unpaired) electrons. The van der Waals surface area contributed by atoms with Crippen LogP contribution in [-0.2, 0) is 19.9 Å². The number of hydrogen-bond acceptors (Lipinski definition) is 6. The number of methoxy groups -OCH3 is 1. The summed E-state index contributed by atoms with van der Waals surface area (Å²) >= 11 is 0. The number of hydrogen-bond donors (Lipinski definition) is 2. The van der Waals surface area contributed by atoms with Gasteiger partial charge in [0.2, 0.25) is 0 Å². The summed E-state index contributed by atoms with van der Waals surface area (Å²) in [6, 6.07) is 6.26. The number of ether oxygens (including phenoxy) is 2. The number of nitrogens with one attached hydrogen (secondary N) is 2. The predicted molar refractivity (Wildman–Crippen MR) is 114 cm³/mol. The van der Waals surface area contributed by atoms with Crippen LogP contribution in [0.1, 0.15) is 39.2 Å². The number of piperidine rings is 1. The fourth-order valence-corrected chi connectivity index (χ4v) is 3.80. The van der Waals surface area contributed by atoms with Crippen LogP contribution >= 0.6 is 0 Å². The molecule has 2 aliphatic heterocycles. The molecule has 3 rings (SSSR count). The zero-order valence-corrected chi connectivity index (χ0v) is 18.6. The lowest BCUT2D eigenvalue weighted by Crippen LogP contribution is -2.51. The number of carbonyl (C=O) groups is 3. The predicted octanol–water partition coefficient (Wildman–Crippen LogP) is 1.63. The summed E-state index contributed by atoms with van der Waals surface area (Å²) in [7, 11) is 1.53. The van der Waals surface area contributed by atoms with Gasteiger partial charge in [0, 0.05) is 19.7 Å². The standard InChI is InChI=1S/C22H32N4O5/c1-15(2)14-31-17-8-10-25(11-9-17)13-19(27)24-26-20(28)22(3,23-21(26)29)16-6-5-7-18(12-16)30-4/h5-7,12,15,17H,8-11,13-14H2,1-4H3,(H,23,29)(H,24,27). The maximum atomic E-state index is 13.0. The van der Waals surface area contributed by atoms with E-state index in [1.165, 1.54) is 7.11 Å². The van der Waals surface area contributed by atoms with E-state index in [1.807, 2.05) is 4.90 Å². The number of imide groups is 1. The quantitative estimate of drug-likeness (QED) is 0.606. The molecule has 1 aromatic rings. The second kappa shape index (κ2) is 9.65. The van der Waals surface area contributed by atoms with Crippen molar-refractivity contribution >= 4 is 17.8 Å². The van der Waals surface area contributed by atoms with Gasteiger partial charge < -0.3 is 14.8 Å². The summed E-state index contributed by atoms with van der Waals surface area (Å²) in [5, 5.41) is 3.44. The van der Waals surface area contributed by atoms with Gasteiger partial charge in [-0.1, -0.05) is 26.0 Å². The number of carbonyl (C=O) groups excluding carboxylic acids is 3. The van der Waals surface area contributed by atoms with Crippen LogP contribution in [0.25, 0.3) is 0 Å². The smallest absolute Gasteiger partial charge is 0.344 e. The van der Waals surface area contributed by atoms with Crippen LogP contribution in [0, 0.1) is 5.92 Å². The second-order valence-electron chi connectivity index (χ2n) is 8.67. The number of nitrogens with zero attached hydrogens (tertiary/aromatic N) is 2. The number of urea groups is 1. The molecular formula is C22H32N4O5. The van der Waals surface area contributed by atoms with E-state index < -0.39 is 23.4 Å². The van der Waals surface area contributed by atoms with E-state index in [0.717, 1.165) is 37.5 Å². The molecule has 2 saturated heterocycles. The van der Waals surface area contributed by atoms with Crippen LogP contribution in [-0.4, -0.2) is 67.2 Å². The Balaban J connectivity index is 1.55. The first kappa shape index (κ1) is 23.0. The van der Waals surface area contributed by atoms with Gasteiger partial charge in [-0.3, -0.25) is 19.9 Å². The molecule has 0 aromatic heterocycles. The molecule has 0 aliphatic carbocycles. The zero-order chi connectivity index (χ0) is 22.6. The summed E-state index contributed by atoms with van der Waals surface area (Å²) in [6.45, 7) is 8.17. The lowest BCUT2D eigenvalue weighted by atomic mass is 9.92. The molecule has 1 aromatic carbocycles. The molecule has 2 N–H and O–H groups in total. The number of rotatable bonds is 8. The number of hydrazine groups is 1. The molecule has 9 heteroatoms. The van der Waals surface area contributed by atoms with E-state index in [9.17, 15) is 14.4 Å². The second-order valence-corrected chi connectivity index (χ2v) is 8.67. The van der Waals surface area contributed by atoms with Crippen molar-refractivity contribution in [1.29, 1.82) is 0 Å². The van der Waals surface area contributed by atoms with Crippen molar-refractivity contribution < 1.29 is 23.9 Å². The number of amides is 4. The van der Waals surface area contributed by atoms with Gasteiger partial charge in [-0.05, 0) is 43.4 Å². The Hall–Kier alpha value is -2.65. The minimum Gasteiger partial charge on any atom is -0.497 e. The highest BCUT2D eigenvalue weighted by molar-refractivity contribution is 6.08. The molecule has 1 unspecified atom stereocenters. The molecule has 2 heterocycles. The minimum atomic E-state index is -1.29. The number of benzene rings is 1. The molecule has 31 heavy (non-hydrogen) atoms. The van der Waals surface area contributed by atoms with Crippen molar-refractivity contribution in [3.8, 4) is 5.75 Å². The Labute approximate surface area is 183 Å². The van der Waals surface area contributed by atoms with Crippen molar-refractivity contribution in [2.75, 3.05) is 33.4 Å². The van der Waals surface area contributed by atoms with Crippen LogP contribution in [0.4, 0.5) is 4.79 Å². The third-order valence-electron chi connectivity index (χ3n) is 5.64. The molecule has 2 fully saturated rings. The average molecular weight is 433 g/mol. The van der Waals surface area contributed by atoms with Crippen molar-refractivity contribution in [1.82, 2.24) is 20.7 Å². The van der Waals surface area contributed by atoms with Crippen LogP contribution in [0.5, 0.6) is 5.75 Å². The van der Waals surface area contributed by atoms with Crippen LogP contribution in [0.3, 0.4) is 0 Å². The highest BCUT2D eigenvalue weighted by atomic mass is 16.5. The SMILES string of the molecule is COc1cccc(C2(C)NC(=O)N(NC(=O)CN3CCC(OCC(C)C)CC3)C2=O)c1. The Morgan fingerprint density at radius 2 is 2.00 bits per heavy atom. The van der Waals surface area contributed by atoms with E-state index in [0.29, 0.717) is 17.2 Å². The van der Waals surface area contributed by atoms with Gasteiger partial charge in [0.1, 0.15) is 11.3 Å². The van der Waals surface area contributed by atoms with Gasteiger partial charge in [0.15, 0.2) is 0 Å². The Morgan fingerprint density at radius 3 is 2.65 bits per heavy atom. The van der Waals surface area contributed by atoms with E-state index in [2.05, 4.69) is 24.6 Å². The van der Waals surface area contributed by atoms with Crippen molar-refractivity contribution in [2.45, 2.75) is 45.3 Å². The maximum absolute atomic E-state index is 13.0. The average Bonchev–Trinajstić information content (AvgIpc) is 2.97. The van der Waals surface area contributed by atoms with Gasteiger partial charge in [0.25, 0.3) is 11.8 Å². The van der Waals surface area contributed by atoms with Gasteiger partial charge in [-0.2, -0.15) is 5.01 Å². The third kappa shape index (κ3) is 5.34. The maximum Gasteiger partial charge on any atom is 0.344 e. The number of likely N-dealkylation sites (tertiary alicyclic amines) is 1. The van der Waals surface area contributed by atoms with Crippen molar-refractivity contribution in [3.05, 3.63) is 29.8 Å². The van der Waals surface area contributed by atoms with E-state index in [-0.39, 0.29) is 12.6 Å². The Kier molecular flexibility index (Phi) is 7.17. The molecule has 0 bridgehead atoms. The molecular weight excluding hydrogens is 400 g/mol. The molecule has 9 nitrogen and oxygen atoms in total. The molecule has 0 spiro atoms. The first-order valence-corrected chi connectivity index (χ1v) is 10.7. The van der Waals surface area contributed by atoms with Gasteiger partial charge in [-0.25, -0.2) is 4.79 Å². The molecule has 1 atom stereocenters. The van der Waals surface area contributed by atoms with Crippen molar-refractivity contribution in [3.63, 3.8) is 0 Å². The molecule has 4 amide bonds. The fourth-order valence-electron chi connectivity index (χ4n) is 3.80. The fraction of sp³-hybridized carbons (Fsp3) is 0.591. The summed E-state index contributed by atoms with van der Waals surface area (Å²) in [6.07, 6.45) is 1.94. The highest BCUT2D eigenvalue weighted by Gasteiger charge is 2.50. The Morgan fingerprint density at radius 1 is 1.29 bits per heavy atom. The van der Waals surface area contributed by atoms with Gasteiger partial charge in [0.05, 0.1) is 19.8 Å². The van der Waals surface area contributed by atoms with Crippen molar-refractivity contribution in [2.24, 2.45) is 5.92 Å². The third-order valence-corrected chi connectivity index (χ3v) is 5.64. The van der Waals surface area contributed by atoms with Gasteiger partial charge in [-0.15, -0.1) is 0 Å². The lowest BCUT2D eigenvalue weighted by Gasteiger charge is -2.32. The highest BCUT2D eigenvalue weighted by Crippen LogP contribution is 2.30. The van der Waals surface area contributed by atoms with Crippen LogP contribution < -0.4 is 15.5 Å². The summed E-state index contributed by atoms with van der Waals surface area (Å²) in [5.74, 6) is 0.125. The van der Waals surface area contributed by atoms with Gasteiger partial charge >= 0.3 is 6.03 Å². The van der Waals surface area contributed by atoms with Crippen LogP contribution in [0.2, 0.25) is 0 Å². The molecule has 0 saturated carbocycles. The monoisotopic (exact) mass is 432 g/mol. The summed E-state index contributed by atoms with van der Waals surface area (Å²) < 4.78 is 11.1. The topological polar surface area (TPSA) is 100 Å². The van der Waals surface area contributed by atoms with E-state index in [4.69, 9.17) is 9.47 Å². The summed E-state index contributed by atoms with van der Waals surface area (Å²) in [5.41, 5.74) is 1.75.